The van der Waals surface area contributed by atoms with E-state index < -0.39 is 6.23 Å². The molecule has 1 aromatic heterocycles. The first-order valence-electron chi connectivity index (χ1n) is 10.2. The molecule has 0 radical (unpaired) electrons. The minimum Gasteiger partial charge on any atom is -0.423 e. The predicted molar refractivity (Wildman–Crippen MR) is 114 cm³/mol. The van der Waals surface area contributed by atoms with Gasteiger partial charge in [0.2, 0.25) is 6.23 Å². The van der Waals surface area contributed by atoms with Gasteiger partial charge in [0, 0.05) is 56.3 Å². The van der Waals surface area contributed by atoms with Gasteiger partial charge < -0.3 is 14.8 Å². The van der Waals surface area contributed by atoms with E-state index in [4.69, 9.17) is 9.47 Å². The van der Waals surface area contributed by atoms with E-state index in [1.807, 2.05) is 36.1 Å². The number of rotatable bonds is 6. The van der Waals surface area contributed by atoms with Gasteiger partial charge in [0.1, 0.15) is 5.75 Å². The number of aromatic nitrogens is 1. The summed E-state index contributed by atoms with van der Waals surface area (Å²) >= 11 is 0. The number of piperazine rings is 1. The van der Waals surface area contributed by atoms with Gasteiger partial charge >= 0.3 is 5.97 Å². The third kappa shape index (κ3) is 5.21. The molecule has 29 heavy (non-hydrogen) atoms. The molecular formula is C23H31N3O3. The van der Waals surface area contributed by atoms with Crippen molar-refractivity contribution < 1.29 is 14.3 Å². The summed E-state index contributed by atoms with van der Waals surface area (Å²) in [5.74, 6) is 0.153. The van der Waals surface area contributed by atoms with Gasteiger partial charge in [-0.25, -0.2) is 4.79 Å². The van der Waals surface area contributed by atoms with Crippen molar-refractivity contribution in [1.29, 1.82) is 0 Å². The molecule has 1 N–H and O–H groups in total. The Balaban J connectivity index is 1.96. The minimum atomic E-state index is -0.706. The van der Waals surface area contributed by atoms with Crippen LogP contribution >= 0.6 is 0 Å². The van der Waals surface area contributed by atoms with Crippen molar-refractivity contribution in [2.45, 2.75) is 39.3 Å². The third-order valence-electron chi connectivity index (χ3n) is 5.00. The Morgan fingerprint density at radius 2 is 1.97 bits per heavy atom. The highest BCUT2D eigenvalue weighted by molar-refractivity contribution is 5.82. The van der Waals surface area contributed by atoms with Crippen molar-refractivity contribution in [3.63, 3.8) is 0 Å². The molecule has 0 saturated carbocycles. The SMILES string of the molecule is CCOC(C(=O)Oc1cccc(C(C)(C)C)c1-c1cccnc1)N1CCNCC1. The highest BCUT2D eigenvalue weighted by atomic mass is 16.6. The number of hydrogen-bond acceptors (Lipinski definition) is 6. The lowest BCUT2D eigenvalue weighted by molar-refractivity contribution is -0.162. The van der Waals surface area contributed by atoms with Gasteiger partial charge in [-0.05, 0) is 30.0 Å². The van der Waals surface area contributed by atoms with Crippen molar-refractivity contribution in [1.82, 2.24) is 15.2 Å². The molecule has 2 aromatic rings. The van der Waals surface area contributed by atoms with E-state index in [0.29, 0.717) is 12.4 Å². The number of esters is 1. The van der Waals surface area contributed by atoms with Crippen LogP contribution in [-0.2, 0) is 14.9 Å². The molecular weight excluding hydrogens is 366 g/mol. The summed E-state index contributed by atoms with van der Waals surface area (Å²) in [6, 6.07) is 9.74. The van der Waals surface area contributed by atoms with Crippen LogP contribution in [0.4, 0.5) is 0 Å². The van der Waals surface area contributed by atoms with E-state index in [-0.39, 0.29) is 11.4 Å². The van der Waals surface area contributed by atoms with Crippen molar-refractivity contribution >= 4 is 5.97 Å². The Labute approximate surface area is 173 Å². The standard InChI is InChI=1S/C23H31N3O3/c1-5-28-21(26-14-12-24-13-15-26)22(27)29-19-10-6-9-18(23(2,3)4)20(19)17-8-7-11-25-16-17/h6-11,16,21,24H,5,12-15H2,1-4H3. The molecule has 0 bridgehead atoms. The highest BCUT2D eigenvalue weighted by Gasteiger charge is 2.31. The number of pyridine rings is 1. The van der Waals surface area contributed by atoms with Gasteiger partial charge in [-0.1, -0.05) is 39.0 Å². The Kier molecular flexibility index (Phi) is 7.00. The molecule has 0 aliphatic carbocycles. The summed E-state index contributed by atoms with van der Waals surface area (Å²) in [5, 5.41) is 3.30. The normalized spacial score (nSPS) is 16.4. The molecule has 1 atom stereocenters. The first-order valence-corrected chi connectivity index (χ1v) is 10.2. The number of benzene rings is 1. The Bertz CT molecular complexity index is 812. The average molecular weight is 398 g/mol. The van der Waals surface area contributed by atoms with Crippen molar-refractivity contribution in [3.8, 4) is 16.9 Å². The monoisotopic (exact) mass is 397 g/mol. The molecule has 3 rings (SSSR count). The van der Waals surface area contributed by atoms with Crippen LogP contribution in [0.25, 0.3) is 11.1 Å². The van der Waals surface area contributed by atoms with Crippen LogP contribution in [0.1, 0.15) is 33.3 Å². The number of carbonyl (C=O) groups is 1. The van der Waals surface area contributed by atoms with Crippen molar-refractivity contribution in [2.75, 3.05) is 32.8 Å². The summed E-state index contributed by atoms with van der Waals surface area (Å²) in [6.07, 6.45) is 2.84. The Hall–Kier alpha value is -2.28. The van der Waals surface area contributed by atoms with Crippen LogP contribution in [0.3, 0.4) is 0 Å². The lowest BCUT2D eigenvalue weighted by atomic mass is 9.81. The molecule has 0 amide bonds. The van der Waals surface area contributed by atoms with Crippen LogP contribution in [0, 0.1) is 0 Å². The van der Waals surface area contributed by atoms with Gasteiger partial charge in [0.15, 0.2) is 0 Å². The molecule has 6 heteroatoms. The van der Waals surface area contributed by atoms with Gasteiger partial charge in [0.05, 0.1) is 0 Å². The average Bonchev–Trinajstić information content (AvgIpc) is 2.72. The molecule has 0 spiro atoms. The van der Waals surface area contributed by atoms with E-state index in [1.54, 1.807) is 12.4 Å². The summed E-state index contributed by atoms with van der Waals surface area (Å²) in [6.45, 7) is 11.9. The fourth-order valence-electron chi connectivity index (χ4n) is 3.61. The maximum absolute atomic E-state index is 13.1. The second kappa shape index (κ2) is 9.48. The van der Waals surface area contributed by atoms with Gasteiger partial charge in [0.25, 0.3) is 0 Å². The summed E-state index contributed by atoms with van der Waals surface area (Å²) < 4.78 is 11.7. The zero-order valence-electron chi connectivity index (χ0n) is 17.8. The predicted octanol–water partition coefficient (Wildman–Crippen LogP) is 3.22. The van der Waals surface area contributed by atoms with Crippen LogP contribution < -0.4 is 10.1 Å². The molecule has 1 fully saturated rings. The summed E-state index contributed by atoms with van der Waals surface area (Å²) in [4.78, 5) is 19.4. The Morgan fingerprint density at radius 1 is 1.21 bits per heavy atom. The van der Waals surface area contributed by atoms with Gasteiger partial charge in [-0.15, -0.1) is 0 Å². The topological polar surface area (TPSA) is 63.7 Å². The number of hydrogen-bond donors (Lipinski definition) is 1. The zero-order valence-corrected chi connectivity index (χ0v) is 17.8. The number of carbonyl (C=O) groups excluding carboxylic acids is 1. The summed E-state index contributed by atoms with van der Waals surface area (Å²) in [5.41, 5.74) is 2.81. The molecule has 1 aromatic carbocycles. The van der Waals surface area contributed by atoms with E-state index >= 15 is 0 Å². The lowest BCUT2D eigenvalue weighted by Gasteiger charge is -2.33. The van der Waals surface area contributed by atoms with Gasteiger partial charge in [-0.2, -0.15) is 0 Å². The molecule has 6 nitrogen and oxygen atoms in total. The number of nitrogens with zero attached hydrogens (tertiary/aromatic N) is 2. The Morgan fingerprint density at radius 3 is 2.59 bits per heavy atom. The summed E-state index contributed by atoms with van der Waals surface area (Å²) in [7, 11) is 0. The lowest BCUT2D eigenvalue weighted by Crippen LogP contribution is -2.53. The minimum absolute atomic E-state index is 0.120. The fraction of sp³-hybridized carbons (Fsp3) is 0.478. The zero-order chi connectivity index (χ0) is 20.9. The van der Waals surface area contributed by atoms with Gasteiger partial charge in [-0.3, -0.25) is 9.88 Å². The number of ether oxygens (including phenoxy) is 2. The quantitative estimate of drug-likeness (QED) is 0.596. The smallest absolute Gasteiger partial charge is 0.356 e. The third-order valence-corrected chi connectivity index (χ3v) is 5.00. The molecule has 1 saturated heterocycles. The fourth-order valence-corrected chi connectivity index (χ4v) is 3.61. The van der Waals surface area contributed by atoms with Crippen LogP contribution in [-0.4, -0.2) is 54.9 Å². The number of nitrogens with one attached hydrogen (secondary N) is 1. The molecule has 2 heterocycles. The highest BCUT2D eigenvalue weighted by Crippen LogP contribution is 2.39. The first-order chi connectivity index (χ1) is 13.9. The van der Waals surface area contributed by atoms with E-state index in [9.17, 15) is 4.79 Å². The largest absolute Gasteiger partial charge is 0.423 e. The van der Waals surface area contributed by atoms with Crippen LogP contribution in [0.2, 0.25) is 0 Å². The van der Waals surface area contributed by atoms with Crippen molar-refractivity contribution in [2.24, 2.45) is 0 Å². The van der Waals surface area contributed by atoms with Crippen LogP contribution in [0.5, 0.6) is 5.75 Å². The van der Waals surface area contributed by atoms with Crippen molar-refractivity contribution in [3.05, 3.63) is 48.3 Å². The molecule has 1 aliphatic rings. The second-order valence-corrected chi connectivity index (χ2v) is 8.19. The molecule has 1 unspecified atom stereocenters. The second-order valence-electron chi connectivity index (χ2n) is 8.19. The van der Waals surface area contributed by atoms with E-state index in [0.717, 1.165) is 42.9 Å². The van der Waals surface area contributed by atoms with E-state index in [2.05, 4.69) is 37.1 Å². The molecule has 1 aliphatic heterocycles. The maximum Gasteiger partial charge on any atom is 0.356 e. The maximum atomic E-state index is 13.1. The molecule has 156 valence electrons. The van der Waals surface area contributed by atoms with Crippen LogP contribution in [0.15, 0.2) is 42.7 Å². The first kappa shape index (κ1) is 21.4. The van der Waals surface area contributed by atoms with E-state index in [1.165, 1.54) is 0 Å².